The van der Waals surface area contributed by atoms with Gasteiger partial charge in [0.05, 0.1) is 10.1 Å². The summed E-state index contributed by atoms with van der Waals surface area (Å²) in [5.41, 5.74) is 3.03. The van der Waals surface area contributed by atoms with Crippen LogP contribution in [-0.2, 0) is 14.8 Å². The average molecular weight is 471 g/mol. The molecule has 32 heavy (non-hydrogen) atoms. The number of thioether (sulfide) groups is 1. The second kappa shape index (κ2) is 10.1. The first-order valence-electron chi connectivity index (χ1n) is 10.2. The Hall–Kier alpha value is -2.91. The lowest BCUT2D eigenvalue weighted by molar-refractivity contribution is -0.115. The van der Waals surface area contributed by atoms with Crippen molar-refractivity contribution in [1.29, 1.82) is 0 Å². The van der Waals surface area contributed by atoms with Crippen LogP contribution in [0.25, 0.3) is 0 Å². The predicted octanol–water partition coefficient (Wildman–Crippen LogP) is 4.71. The number of carbonyl (C=O) groups is 1. The summed E-state index contributed by atoms with van der Waals surface area (Å²) in [6, 6.07) is 15.8. The summed E-state index contributed by atoms with van der Waals surface area (Å²) in [4.78, 5) is 22.0. The maximum Gasteiger partial charge on any atom is 0.264 e. The molecule has 0 fully saturated rings. The van der Waals surface area contributed by atoms with Gasteiger partial charge in [-0.15, -0.1) is 11.8 Å². The van der Waals surface area contributed by atoms with E-state index in [2.05, 4.69) is 20.0 Å². The van der Waals surface area contributed by atoms with Crippen molar-refractivity contribution in [2.24, 2.45) is 0 Å². The Morgan fingerprint density at radius 2 is 1.56 bits per heavy atom. The van der Waals surface area contributed by atoms with Gasteiger partial charge in [-0.25, -0.2) is 23.1 Å². The van der Waals surface area contributed by atoms with Crippen molar-refractivity contribution < 1.29 is 13.2 Å². The Kier molecular flexibility index (Phi) is 7.52. The molecule has 1 atom stereocenters. The summed E-state index contributed by atoms with van der Waals surface area (Å²) in [7, 11) is -3.85. The van der Waals surface area contributed by atoms with Gasteiger partial charge in [0, 0.05) is 22.0 Å². The molecule has 1 heterocycles. The molecule has 3 rings (SSSR count). The lowest BCUT2D eigenvalue weighted by Crippen LogP contribution is -2.24. The number of benzene rings is 2. The molecule has 0 spiro atoms. The molecule has 9 heteroatoms. The van der Waals surface area contributed by atoms with E-state index in [1.165, 1.54) is 29.5 Å². The third-order valence-corrected chi connectivity index (χ3v) is 7.32. The van der Waals surface area contributed by atoms with Crippen molar-refractivity contribution in [2.75, 3.05) is 10.0 Å². The standard InChI is InChI=1S/C23H26N4O3S2/c1-5-21(31-19-10-6-15(2)7-11-19)22(28)26-18-8-12-20(13-9-18)32(29,30)27-23-24-16(3)14-17(4)25-23/h6-14,21H,5H2,1-4H3,(H,26,28)(H,24,25,27). The van der Waals surface area contributed by atoms with E-state index in [0.717, 1.165) is 4.90 Å². The van der Waals surface area contributed by atoms with Crippen LogP contribution in [0.5, 0.6) is 0 Å². The minimum atomic E-state index is -3.85. The average Bonchev–Trinajstić information content (AvgIpc) is 2.72. The van der Waals surface area contributed by atoms with Gasteiger partial charge in [-0.3, -0.25) is 4.79 Å². The highest BCUT2D eigenvalue weighted by atomic mass is 32.2. The summed E-state index contributed by atoms with van der Waals surface area (Å²) in [5.74, 6) is -0.103. The number of amides is 1. The summed E-state index contributed by atoms with van der Waals surface area (Å²) in [6.07, 6.45) is 0.663. The highest BCUT2D eigenvalue weighted by molar-refractivity contribution is 8.00. The van der Waals surface area contributed by atoms with Crippen LogP contribution < -0.4 is 10.0 Å². The van der Waals surface area contributed by atoms with Gasteiger partial charge in [0.1, 0.15) is 0 Å². The maximum atomic E-state index is 12.7. The lowest BCUT2D eigenvalue weighted by atomic mass is 10.2. The number of hydrogen-bond acceptors (Lipinski definition) is 6. The molecule has 1 amide bonds. The molecule has 1 unspecified atom stereocenters. The van der Waals surface area contributed by atoms with Crippen LogP contribution in [0.3, 0.4) is 0 Å². The molecular formula is C23H26N4O3S2. The predicted molar refractivity (Wildman–Crippen MR) is 129 cm³/mol. The molecule has 2 N–H and O–H groups in total. The molecule has 3 aromatic rings. The largest absolute Gasteiger partial charge is 0.325 e. The van der Waals surface area contributed by atoms with Crippen molar-refractivity contribution in [3.05, 3.63) is 71.5 Å². The van der Waals surface area contributed by atoms with Gasteiger partial charge in [-0.2, -0.15) is 0 Å². The Labute approximate surface area is 193 Å². The lowest BCUT2D eigenvalue weighted by Gasteiger charge is -2.15. The van der Waals surface area contributed by atoms with Crippen LogP contribution >= 0.6 is 11.8 Å². The molecule has 0 saturated heterocycles. The van der Waals surface area contributed by atoms with Gasteiger partial charge >= 0.3 is 0 Å². The normalized spacial score (nSPS) is 12.2. The van der Waals surface area contributed by atoms with Crippen LogP contribution in [-0.4, -0.2) is 29.5 Å². The fraction of sp³-hybridized carbons (Fsp3) is 0.261. The van der Waals surface area contributed by atoms with Gasteiger partial charge in [0.15, 0.2) is 0 Å². The van der Waals surface area contributed by atoms with Gasteiger partial charge < -0.3 is 5.32 Å². The van der Waals surface area contributed by atoms with E-state index in [9.17, 15) is 13.2 Å². The molecule has 0 aliphatic carbocycles. The third kappa shape index (κ3) is 6.30. The van der Waals surface area contributed by atoms with E-state index in [1.807, 2.05) is 38.1 Å². The fourth-order valence-corrected chi connectivity index (χ4v) is 4.89. The summed E-state index contributed by atoms with van der Waals surface area (Å²) >= 11 is 1.50. The maximum absolute atomic E-state index is 12.7. The SMILES string of the molecule is CCC(Sc1ccc(C)cc1)C(=O)Nc1ccc(S(=O)(=O)Nc2nc(C)cc(C)n2)cc1. The molecule has 0 radical (unpaired) electrons. The number of hydrogen-bond donors (Lipinski definition) is 2. The van der Waals surface area contributed by atoms with Crippen molar-refractivity contribution in [2.45, 2.75) is 49.2 Å². The van der Waals surface area contributed by atoms with Crippen LogP contribution in [0.4, 0.5) is 11.6 Å². The van der Waals surface area contributed by atoms with E-state index in [1.54, 1.807) is 32.0 Å². The second-order valence-electron chi connectivity index (χ2n) is 7.42. The number of nitrogens with zero attached hydrogens (tertiary/aromatic N) is 2. The monoisotopic (exact) mass is 470 g/mol. The molecule has 7 nitrogen and oxygen atoms in total. The number of anilines is 2. The molecule has 1 aromatic heterocycles. The molecule has 0 aliphatic heterocycles. The number of aryl methyl sites for hydroxylation is 3. The Balaban J connectivity index is 1.67. The van der Waals surface area contributed by atoms with Crippen molar-refractivity contribution in [3.8, 4) is 0 Å². The van der Waals surface area contributed by atoms with Gasteiger partial charge in [0.25, 0.3) is 10.0 Å². The summed E-state index contributed by atoms with van der Waals surface area (Å²) < 4.78 is 27.7. The summed E-state index contributed by atoms with van der Waals surface area (Å²) in [5, 5.41) is 2.61. The molecule has 0 aliphatic rings. The Bertz CT molecular complexity index is 1170. The van der Waals surface area contributed by atoms with Gasteiger partial charge in [-0.1, -0.05) is 24.6 Å². The van der Waals surface area contributed by atoms with Gasteiger partial charge in [-0.05, 0) is 69.7 Å². The quantitative estimate of drug-likeness (QED) is 0.462. The number of nitrogens with one attached hydrogen (secondary N) is 2. The zero-order valence-corrected chi connectivity index (χ0v) is 20.0. The molecule has 0 bridgehead atoms. The Morgan fingerprint density at radius 3 is 2.12 bits per heavy atom. The van der Waals surface area contributed by atoms with E-state index in [4.69, 9.17) is 0 Å². The molecule has 0 saturated carbocycles. The third-order valence-electron chi connectivity index (χ3n) is 4.60. The van der Waals surface area contributed by atoms with Crippen molar-refractivity contribution in [3.63, 3.8) is 0 Å². The number of carbonyl (C=O) groups excluding carboxylic acids is 1. The van der Waals surface area contributed by atoms with Crippen LogP contribution in [0.15, 0.2) is 64.4 Å². The zero-order chi connectivity index (χ0) is 23.3. The highest BCUT2D eigenvalue weighted by Gasteiger charge is 2.19. The second-order valence-corrected chi connectivity index (χ2v) is 10.4. The van der Waals surface area contributed by atoms with Crippen LogP contribution in [0, 0.1) is 20.8 Å². The minimum Gasteiger partial charge on any atom is -0.325 e. The van der Waals surface area contributed by atoms with Crippen molar-refractivity contribution in [1.82, 2.24) is 9.97 Å². The van der Waals surface area contributed by atoms with Crippen molar-refractivity contribution >= 4 is 39.3 Å². The fourth-order valence-electron chi connectivity index (χ4n) is 2.99. The van der Waals surface area contributed by atoms with Crippen LogP contribution in [0.2, 0.25) is 0 Å². The van der Waals surface area contributed by atoms with E-state index in [0.29, 0.717) is 23.5 Å². The number of aromatic nitrogens is 2. The number of sulfonamides is 1. The van der Waals surface area contributed by atoms with E-state index in [-0.39, 0.29) is 22.0 Å². The number of rotatable bonds is 8. The van der Waals surface area contributed by atoms with Gasteiger partial charge in [0.2, 0.25) is 11.9 Å². The topological polar surface area (TPSA) is 101 Å². The Morgan fingerprint density at radius 1 is 0.969 bits per heavy atom. The summed E-state index contributed by atoms with van der Waals surface area (Å²) in [6.45, 7) is 7.52. The minimum absolute atomic E-state index is 0.0267. The molecular weight excluding hydrogens is 444 g/mol. The molecule has 2 aromatic carbocycles. The first kappa shape index (κ1) is 23.7. The van der Waals surface area contributed by atoms with Crippen LogP contribution in [0.1, 0.15) is 30.3 Å². The zero-order valence-electron chi connectivity index (χ0n) is 18.4. The molecule has 168 valence electrons. The smallest absolute Gasteiger partial charge is 0.264 e. The highest BCUT2D eigenvalue weighted by Crippen LogP contribution is 2.27. The van der Waals surface area contributed by atoms with E-state index < -0.39 is 10.0 Å². The first-order valence-corrected chi connectivity index (χ1v) is 12.5. The first-order chi connectivity index (χ1) is 15.2. The van der Waals surface area contributed by atoms with E-state index >= 15 is 0 Å².